The molecule has 212 valence electrons. The largest absolute Gasteiger partial charge is 0.487 e. The molecule has 0 saturated heterocycles. The van der Waals surface area contributed by atoms with Crippen molar-refractivity contribution in [1.29, 1.82) is 0 Å². The summed E-state index contributed by atoms with van der Waals surface area (Å²) in [5, 5.41) is 0. The van der Waals surface area contributed by atoms with Gasteiger partial charge in [-0.15, -0.1) is 0 Å². The molecule has 0 bridgehead atoms. The van der Waals surface area contributed by atoms with Crippen LogP contribution in [0.5, 0.6) is 23.0 Å². The minimum atomic E-state index is 0.392. The molecule has 1 aliphatic heterocycles. The lowest BCUT2D eigenvalue weighted by atomic mass is 10.2. The molecule has 0 saturated carbocycles. The van der Waals surface area contributed by atoms with Crippen molar-refractivity contribution < 1.29 is 37.9 Å². The van der Waals surface area contributed by atoms with Crippen LogP contribution in [0.3, 0.4) is 0 Å². The Morgan fingerprint density at radius 1 is 0.421 bits per heavy atom. The Hall–Kier alpha value is -2.92. The van der Waals surface area contributed by atoms with E-state index >= 15 is 0 Å². The zero-order valence-corrected chi connectivity index (χ0v) is 23.1. The summed E-state index contributed by atoms with van der Waals surface area (Å²) in [6.45, 7) is 5.17. The Labute approximate surface area is 226 Å². The molecule has 10 heteroatoms. The van der Waals surface area contributed by atoms with Gasteiger partial charge in [0, 0.05) is 28.2 Å². The van der Waals surface area contributed by atoms with Gasteiger partial charge in [-0.2, -0.15) is 0 Å². The van der Waals surface area contributed by atoms with Gasteiger partial charge in [0.15, 0.2) is 23.0 Å². The molecule has 0 aromatic heterocycles. The van der Waals surface area contributed by atoms with Crippen molar-refractivity contribution in [2.75, 3.05) is 117 Å². The molecule has 2 aromatic rings. The third kappa shape index (κ3) is 9.75. The molecule has 0 atom stereocenters. The van der Waals surface area contributed by atoms with E-state index in [4.69, 9.17) is 37.9 Å². The lowest BCUT2D eigenvalue weighted by Crippen LogP contribution is -2.17. The van der Waals surface area contributed by atoms with Crippen LogP contribution in [0.25, 0.3) is 0 Å². The van der Waals surface area contributed by atoms with Gasteiger partial charge < -0.3 is 47.7 Å². The van der Waals surface area contributed by atoms with Gasteiger partial charge in [0.2, 0.25) is 0 Å². The molecule has 1 aliphatic rings. The highest BCUT2D eigenvalue weighted by atomic mass is 16.6. The van der Waals surface area contributed by atoms with E-state index in [0.717, 1.165) is 11.4 Å². The van der Waals surface area contributed by atoms with Crippen molar-refractivity contribution in [2.45, 2.75) is 0 Å². The molecule has 0 N–H and O–H groups in total. The predicted octanol–water partition coefficient (Wildman–Crippen LogP) is 3.11. The first-order chi connectivity index (χ1) is 18.6. The van der Waals surface area contributed by atoms with Crippen molar-refractivity contribution >= 4 is 11.4 Å². The zero-order valence-electron chi connectivity index (χ0n) is 23.1. The number of hydrogen-bond acceptors (Lipinski definition) is 10. The Morgan fingerprint density at radius 2 is 0.737 bits per heavy atom. The molecule has 0 spiro atoms. The number of ether oxygens (including phenoxy) is 8. The predicted molar refractivity (Wildman–Crippen MR) is 147 cm³/mol. The van der Waals surface area contributed by atoms with E-state index in [2.05, 4.69) is 0 Å². The number of rotatable bonds is 2. The third-order valence-corrected chi connectivity index (χ3v) is 5.54. The highest BCUT2D eigenvalue weighted by molar-refractivity contribution is 5.64. The van der Waals surface area contributed by atoms with Gasteiger partial charge in [0.1, 0.15) is 26.4 Å². The quantitative estimate of drug-likeness (QED) is 0.573. The van der Waals surface area contributed by atoms with Gasteiger partial charge in [-0.3, -0.25) is 0 Å². The number of para-hydroxylation sites is 2. The maximum absolute atomic E-state index is 6.05. The van der Waals surface area contributed by atoms with E-state index in [9.17, 15) is 0 Å². The Bertz CT molecular complexity index is 866. The number of anilines is 2. The molecule has 0 aliphatic carbocycles. The van der Waals surface area contributed by atoms with Gasteiger partial charge in [-0.25, -0.2) is 0 Å². The van der Waals surface area contributed by atoms with Crippen LogP contribution in [-0.2, 0) is 18.9 Å². The number of benzene rings is 2. The van der Waals surface area contributed by atoms with Crippen LogP contribution in [0, 0.1) is 0 Å². The number of hydrogen-bond donors (Lipinski definition) is 0. The average molecular weight is 535 g/mol. The normalized spacial score (nSPS) is 17.2. The molecule has 0 amide bonds. The first-order valence-electron chi connectivity index (χ1n) is 13.0. The Morgan fingerprint density at radius 3 is 1.08 bits per heavy atom. The summed E-state index contributed by atoms with van der Waals surface area (Å²) in [5.74, 6) is 2.71. The van der Waals surface area contributed by atoms with Crippen LogP contribution in [0.15, 0.2) is 36.4 Å². The lowest BCUT2D eigenvalue weighted by Gasteiger charge is -2.21. The van der Waals surface area contributed by atoms with Gasteiger partial charge in [-0.1, -0.05) is 12.1 Å². The van der Waals surface area contributed by atoms with Gasteiger partial charge >= 0.3 is 0 Å². The van der Waals surface area contributed by atoms with E-state index in [1.54, 1.807) is 0 Å². The highest BCUT2D eigenvalue weighted by Crippen LogP contribution is 2.38. The first kappa shape index (κ1) is 29.6. The van der Waals surface area contributed by atoms with Crippen LogP contribution in [0.1, 0.15) is 0 Å². The monoisotopic (exact) mass is 534 g/mol. The average Bonchev–Trinajstić information content (AvgIpc) is 2.90. The van der Waals surface area contributed by atoms with Crippen LogP contribution in [0.2, 0.25) is 0 Å². The summed E-state index contributed by atoms with van der Waals surface area (Å²) in [6, 6.07) is 11.7. The summed E-state index contributed by atoms with van der Waals surface area (Å²) >= 11 is 0. The van der Waals surface area contributed by atoms with Crippen LogP contribution in [0.4, 0.5) is 11.4 Å². The SMILES string of the molecule is CN(C)c1cccc2c1OCCOCCOCCOc1cccc(N(C)C)c1OCCOCCOCCO2. The van der Waals surface area contributed by atoms with Crippen molar-refractivity contribution in [3.63, 3.8) is 0 Å². The fourth-order valence-electron chi connectivity index (χ4n) is 3.70. The lowest BCUT2D eigenvalue weighted by molar-refractivity contribution is 0.0224. The standard InChI is InChI=1S/C28H42N2O8/c1-29(2)23-7-5-9-25-27(23)37-21-17-33-13-11-32-16-20-36-26-10-6-8-24(30(3)4)28(26)38-22-18-34-14-12-31-15-19-35-25/h5-10H,11-22H2,1-4H3. The second kappa shape index (κ2) is 16.8. The highest BCUT2D eigenvalue weighted by Gasteiger charge is 2.14. The van der Waals surface area contributed by atoms with Crippen LogP contribution >= 0.6 is 0 Å². The van der Waals surface area contributed by atoms with E-state index in [0.29, 0.717) is 102 Å². The molecular formula is C28H42N2O8. The van der Waals surface area contributed by atoms with Gasteiger partial charge in [-0.05, 0) is 24.3 Å². The third-order valence-electron chi connectivity index (χ3n) is 5.54. The van der Waals surface area contributed by atoms with E-state index in [1.165, 1.54) is 0 Å². The zero-order chi connectivity index (χ0) is 27.0. The van der Waals surface area contributed by atoms with E-state index < -0.39 is 0 Å². The maximum Gasteiger partial charge on any atom is 0.184 e. The molecule has 0 unspecified atom stereocenters. The molecule has 3 rings (SSSR count). The van der Waals surface area contributed by atoms with Crippen LogP contribution < -0.4 is 28.7 Å². The summed E-state index contributed by atoms with van der Waals surface area (Å²) in [4.78, 5) is 3.98. The molecule has 0 fully saturated rings. The fraction of sp³-hybridized carbons (Fsp3) is 0.571. The summed E-state index contributed by atoms with van der Waals surface area (Å²) < 4.78 is 46.7. The van der Waals surface area contributed by atoms with Crippen molar-refractivity contribution in [3.8, 4) is 23.0 Å². The minimum absolute atomic E-state index is 0.392. The number of nitrogens with zero attached hydrogens (tertiary/aromatic N) is 2. The van der Waals surface area contributed by atoms with Crippen molar-refractivity contribution in [2.24, 2.45) is 0 Å². The molecule has 38 heavy (non-hydrogen) atoms. The smallest absolute Gasteiger partial charge is 0.184 e. The van der Waals surface area contributed by atoms with E-state index in [1.807, 2.05) is 74.4 Å². The summed E-state index contributed by atoms with van der Waals surface area (Å²) in [7, 11) is 7.87. The number of fused-ring (bicyclic) bond motifs is 2. The maximum atomic E-state index is 6.05. The van der Waals surface area contributed by atoms with Gasteiger partial charge in [0.05, 0.1) is 64.2 Å². The first-order valence-corrected chi connectivity index (χ1v) is 13.0. The summed E-state index contributed by atoms with van der Waals surface area (Å²) in [6.07, 6.45) is 0. The van der Waals surface area contributed by atoms with Crippen molar-refractivity contribution in [3.05, 3.63) is 36.4 Å². The fourth-order valence-corrected chi connectivity index (χ4v) is 3.70. The van der Waals surface area contributed by atoms with Crippen molar-refractivity contribution in [1.82, 2.24) is 0 Å². The molecule has 0 radical (unpaired) electrons. The second-order valence-corrected chi connectivity index (χ2v) is 8.84. The second-order valence-electron chi connectivity index (χ2n) is 8.84. The van der Waals surface area contributed by atoms with E-state index in [-0.39, 0.29) is 0 Å². The Balaban J connectivity index is 1.56. The molecule has 1 heterocycles. The van der Waals surface area contributed by atoms with Crippen LogP contribution in [-0.4, -0.2) is 107 Å². The minimum Gasteiger partial charge on any atom is -0.487 e. The molecule has 2 aromatic carbocycles. The summed E-state index contributed by atoms with van der Waals surface area (Å²) in [5.41, 5.74) is 1.87. The van der Waals surface area contributed by atoms with Gasteiger partial charge in [0.25, 0.3) is 0 Å². The molecule has 10 nitrogen and oxygen atoms in total. The topological polar surface area (TPSA) is 80.3 Å². The Kier molecular flexibility index (Phi) is 13.1. The molecular weight excluding hydrogens is 492 g/mol.